The molecule has 0 fully saturated rings. The number of unbranched alkanes of at least 4 members (excludes halogenated alkanes) is 1. The number of amides is 2. The van der Waals surface area contributed by atoms with Crippen molar-refractivity contribution in [3.63, 3.8) is 0 Å². The molecule has 2 amide bonds. The number of aliphatic hydroxyl groups excluding tert-OH is 1. The van der Waals surface area contributed by atoms with Crippen molar-refractivity contribution in [1.29, 1.82) is 0 Å². The van der Waals surface area contributed by atoms with Crippen LogP contribution in [0.1, 0.15) is 54.4 Å². The molecule has 0 heterocycles. The number of rotatable bonds is 4. The molecule has 0 aromatic heterocycles. The predicted molar refractivity (Wildman–Crippen MR) is 75.5 cm³/mol. The molecule has 0 rings (SSSR count). The largest absolute Gasteiger partial charge is 0.443 e. The van der Waals surface area contributed by atoms with Gasteiger partial charge in [-0.05, 0) is 54.4 Å². The number of imide groups is 1. The molecule has 118 valence electrons. The van der Waals surface area contributed by atoms with E-state index < -0.39 is 23.4 Å². The summed E-state index contributed by atoms with van der Waals surface area (Å²) < 4.78 is 10.4. The highest BCUT2D eigenvalue weighted by Gasteiger charge is 2.30. The van der Waals surface area contributed by atoms with Gasteiger partial charge in [0.25, 0.3) is 0 Å². The Kier molecular flexibility index (Phi) is 6.99. The predicted octanol–water partition coefficient (Wildman–Crippen LogP) is 2.93. The molecule has 6 nitrogen and oxygen atoms in total. The first kappa shape index (κ1) is 18.7. The standard InChI is InChI=1S/C14H27NO5/c1-13(2,3)19-11(17)15(9-7-8-10-16)12(18)20-14(4,5)6/h16H,7-10H2,1-6H3. The van der Waals surface area contributed by atoms with Gasteiger partial charge in [-0.2, -0.15) is 0 Å². The fourth-order valence-corrected chi connectivity index (χ4v) is 1.27. The van der Waals surface area contributed by atoms with Crippen molar-refractivity contribution in [2.24, 2.45) is 0 Å². The van der Waals surface area contributed by atoms with Gasteiger partial charge in [0.15, 0.2) is 0 Å². The third-order valence-corrected chi connectivity index (χ3v) is 2.02. The van der Waals surface area contributed by atoms with E-state index in [0.717, 1.165) is 4.90 Å². The van der Waals surface area contributed by atoms with Crippen LogP contribution < -0.4 is 0 Å². The minimum atomic E-state index is -0.732. The summed E-state index contributed by atoms with van der Waals surface area (Å²) in [6.07, 6.45) is -0.466. The van der Waals surface area contributed by atoms with Gasteiger partial charge in [-0.3, -0.25) is 0 Å². The number of ether oxygens (including phenoxy) is 2. The van der Waals surface area contributed by atoms with Crippen LogP contribution in [0.2, 0.25) is 0 Å². The Hall–Kier alpha value is -1.30. The maximum absolute atomic E-state index is 12.0. The van der Waals surface area contributed by atoms with Gasteiger partial charge in [0.2, 0.25) is 0 Å². The quantitative estimate of drug-likeness (QED) is 0.805. The molecule has 0 aliphatic heterocycles. The van der Waals surface area contributed by atoms with Gasteiger partial charge in [-0.1, -0.05) is 0 Å². The van der Waals surface area contributed by atoms with Crippen LogP contribution in [0.25, 0.3) is 0 Å². The number of carbonyl (C=O) groups excluding carboxylic acids is 2. The van der Waals surface area contributed by atoms with Crippen molar-refractivity contribution in [2.45, 2.75) is 65.6 Å². The average molecular weight is 289 g/mol. The molecule has 1 N–H and O–H groups in total. The second-order valence-electron chi connectivity index (χ2n) is 6.54. The van der Waals surface area contributed by atoms with Crippen LogP contribution >= 0.6 is 0 Å². The van der Waals surface area contributed by atoms with Crippen molar-refractivity contribution in [1.82, 2.24) is 4.90 Å². The highest BCUT2D eigenvalue weighted by molar-refractivity contribution is 5.88. The fourth-order valence-electron chi connectivity index (χ4n) is 1.27. The van der Waals surface area contributed by atoms with Crippen LogP contribution in [-0.2, 0) is 9.47 Å². The third-order valence-electron chi connectivity index (χ3n) is 2.02. The van der Waals surface area contributed by atoms with E-state index in [1.807, 2.05) is 0 Å². The average Bonchev–Trinajstić information content (AvgIpc) is 2.18. The number of hydrogen-bond donors (Lipinski definition) is 1. The zero-order chi connectivity index (χ0) is 16.0. The van der Waals surface area contributed by atoms with Crippen LogP contribution in [0.4, 0.5) is 9.59 Å². The van der Waals surface area contributed by atoms with Crippen LogP contribution in [0, 0.1) is 0 Å². The summed E-state index contributed by atoms with van der Waals surface area (Å²) in [6.45, 7) is 10.5. The lowest BCUT2D eigenvalue weighted by Gasteiger charge is -2.28. The maximum Gasteiger partial charge on any atom is 0.419 e. The maximum atomic E-state index is 12.0. The number of nitrogens with zero attached hydrogens (tertiary/aromatic N) is 1. The Morgan fingerprint density at radius 3 is 1.60 bits per heavy atom. The van der Waals surface area contributed by atoms with Gasteiger partial charge in [0.05, 0.1) is 0 Å². The minimum absolute atomic E-state index is 0.0104. The highest BCUT2D eigenvalue weighted by Crippen LogP contribution is 2.15. The monoisotopic (exact) mass is 289 g/mol. The summed E-state index contributed by atoms with van der Waals surface area (Å²) in [4.78, 5) is 25.0. The van der Waals surface area contributed by atoms with E-state index in [4.69, 9.17) is 14.6 Å². The third kappa shape index (κ3) is 8.74. The van der Waals surface area contributed by atoms with Gasteiger partial charge in [-0.15, -0.1) is 0 Å². The highest BCUT2D eigenvalue weighted by atomic mass is 16.6. The van der Waals surface area contributed by atoms with Crippen molar-refractivity contribution in [3.05, 3.63) is 0 Å². The lowest BCUT2D eigenvalue weighted by molar-refractivity contribution is 0.000986. The summed E-state index contributed by atoms with van der Waals surface area (Å²) in [5.41, 5.74) is -1.37. The molecule has 0 bridgehead atoms. The van der Waals surface area contributed by atoms with Gasteiger partial charge in [0.1, 0.15) is 11.2 Å². The molecule has 0 radical (unpaired) electrons. The number of aliphatic hydroxyl groups is 1. The van der Waals surface area contributed by atoms with E-state index >= 15 is 0 Å². The van der Waals surface area contributed by atoms with Gasteiger partial charge in [0, 0.05) is 13.2 Å². The molecule has 0 atom stereocenters. The Morgan fingerprint density at radius 2 is 1.30 bits per heavy atom. The molecule has 6 heteroatoms. The van der Waals surface area contributed by atoms with E-state index in [0.29, 0.717) is 12.8 Å². The lowest BCUT2D eigenvalue weighted by atomic mass is 10.2. The summed E-state index contributed by atoms with van der Waals surface area (Å²) in [7, 11) is 0. The smallest absolute Gasteiger partial charge is 0.419 e. The first-order valence-electron chi connectivity index (χ1n) is 6.80. The van der Waals surface area contributed by atoms with Crippen molar-refractivity contribution in [2.75, 3.05) is 13.2 Å². The molecular formula is C14H27NO5. The Bertz CT molecular complexity index is 299. The van der Waals surface area contributed by atoms with Crippen LogP contribution in [0.3, 0.4) is 0 Å². The van der Waals surface area contributed by atoms with E-state index in [-0.39, 0.29) is 13.2 Å². The molecule has 0 unspecified atom stereocenters. The summed E-state index contributed by atoms with van der Waals surface area (Å²) in [5.74, 6) is 0. The molecule has 0 aromatic carbocycles. The second kappa shape index (κ2) is 7.47. The number of hydrogen-bond acceptors (Lipinski definition) is 5. The van der Waals surface area contributed by atoms with Crippen molar-refractivity contribution < 1.29 is 24.2 Å². The first-order chi connectivity index (χ1) is 8.96. The second-order valence-corrected chi connectivity index (χ2v) is 6.54. The molecule has 0 aliphatic carbocycles. The minimum Gasteiger partial charge on any atom is -0.443 e. The number of carbonyl (C=O) groups is 2. The molecule has 0 aromatic rings. The van der Waals surface area contributed by atoms with E-state index in [9.17, 15) is 9.59 Å². The molecule has 20 heavy (non-hydrogen) atoms. The normalized spacial score (nSPS) is 11.9. The van der Waals surface area contributed by atoms with E-state index in [1.54, 1.807) is 41.5 Å². The van der Waals surface area contributed by atoms with Crippen LogP contribution in [0.5, 0.6) is 0 Å². The Labute approximate surface area is 121 Å². The fraction of sp³-hybridized carbons (Fsp3) is 0.857. The van der Waals surface area contributed by atoms with Crippen molar-refractivity contribution >= 4 is 12.2 Å². The lowest BCUT2D eigenvalue weighted by Crippen LogP contribution is -2.44. The molecule has 0 aliphatic rings. The summed E-state index contributed by atoms with van der Waals surface area (Å²) in [6, 6.07) is 0. The first-order valence-corrected chi connectivity index (χ1v) is 6.80. The Morgan fingerprint density at radius 1 is 0.900 bits per heavy atom. The topological polar surface area (TPSA) is 76.1 Å². The molecule has 0 saturated heterocycles. The SMILES string of the molecule is CC(C)(C)OC(=O)N(CCCCO)C(=O)OC(C)(C)C. The zero-order valence-corrected chi connectivity index (χ0v) is 13.4. The van der Waals surface area contributed by atoms with Gasteiger partial charge in [-0.25, -0.2) is 14.5 Å². The van der Waals surface area contributed by atoms with E-state index in [1.165, 1.54) is 0 Å². The van der Waals surface area contributed by atoms with Crippen LogP contribution in [0.15, 0.2) is 0 Å². The Balaban J connectivity index is 4.79. The van der Waals surface area contributed by atoms with Gasteiger partial charge < -0.3 is 14.6 Å². The molecule has 0 spiro atoms. The van der Waals surface area contributed by atoms with Crippen LogP contribution in [-0.4, -0.2) is 46.5 Å². The summed E-state index contributed by atoms with van der Waals surface area (Å²) in [5, 5.41) is 8.78. The summed E-state index contributed by atoms with van der Waals surface area (Å²) >= 11 is 0. The zero-order valence-electron chi connectivity index (χ0n) is 13.4. The molecular weight excluding hydrogens is 262 g/mol. The van der Waals surface area contributed by atoms with E-state index in [2.05, 4.69) is 0 Å². The molecule has 0 saturated carbocycles. The van der Waals surface area contributed by atoms with Gasteiger partial charge >= 0.3 is 12.2 Å². The van der Waals surface area contributed by atoms with Crippen molar-refractivity contribution in [3.8, 4) is 0 Å².